The highest BCUT2D eigenvalue weighted by Crippen LogP contribution is 2.21. The predicted octanol–water partition coefficient (Wildman–Crippen LogP) is 3.22. The molecule has 0 amide bonds. The first-order chi connectivity index (χ1) is 8.60. The summed E-state index contributed by atoms with van der Waals surface area (Å²) in [6.45, 7) is 4.10. The van der Waals surface area contributed by atoms with Crippen LogP contribution in [0.25, 0.3) is 5.69 Å². The number of nitrogens with two attached hydrogens (primary N) is 1. The minimum atomic E-state index is 0.190. The van der Waals surface area contributed by atoms with Gasteiger partial charge in [0.15, 0.2) is 0 Å². The van der Waals surface area contributed by atoms with Crippen molar-refractivity contribution in [3.05, 3.63) is 46.2 Å². The van der Waals surface area contributed by atoms with E-state index < -0.39 is 0 Å². The lowest BCUT2D eigenvalue weighted by atomic mass is 10.0. The number of benzene rings is 1. The zero-order valence-corrected chi connectivity index (χ0v) is 12.3. The van der Waals surface area contributed by atoms with Gasteiger partial charge >= 0.3 is 0 Å². The summed E-state index contributed by atoms with van der Waals surface area (Å²) in [5.74, 6) is 0. The largest absolute Gasteiger partial charge is 0.327 e. The van der Waals surface area contributed by atoms with Crippen molar-refractivity contribution in [1.29, 1.82) is 0 Å². The Morgan fingerprint density at radius 2 is 2.17 bits per heavy atom. The van der Waals surface area contributed by atoms with Gasteiger partial charge in [-0.3, -0.25) is 0 Å². The monoisotopic (exact) mass is 307 g/mol. The first-order valence-corrected chi connectivity index (χ1v) is 6.96. The fourth-order valence-corrected chi connectivity index (χ4v) is 2.33. The number of nitrogens with zero attached hydrogens (tertiary/aromatic N) is 2. The van der Waals surface area contributed by atoms with Crippen LogP contribution in [0.3, 0.4) is 0 Å². The van der Waals surface area contributed by atoms with Gasteiger partial charge in [-0.25, -0.2) is 4.68 Å². The molecule has 0 bridgehead atoms. The average molecular weight is 308 g/mol. The lowest BCUT2D eigenvalue weighted by molar-refractivity contribution is 0.642. The van der Waals surface area contributed by atoms with E-state index in [1.54, 1.807) is 0 Å². The molecule has 96 valence electrons. The van der Waals surface area contributed by atoms with E-state index in [9.17, 15) is 0 Å². The Hall–Kier alpha value is -1.13. The number of rotatable bonds is 4. The van der Waals surface area contributed by atoms with Gasteiger partial charge in [0.1, 0.15) is 0 Å². The lowest BCUT2D eigenvalue weighted by Crippen LogP contribution is -2.22. The summed E-state index contributed by atoms with van der Waals surface area (Å²) in [7, 11) is 0. The third-order valence-electron chi connectivity index (χ3n) is 3.02. The van der Waals surface area contributed by atoms with Crippen LogP contribution < -0.4 is 5.73 Å². The fourth-order valence-electron chi connectivity index (χ4n) is 1.92. The van der Waals surface area contributed by atoms with Gasteiger partial charge in [-0.2, -0.15) is 5.10 Å². The molecule has 1 aromatic carbocycles. The van der Waals surface area contributed by atoms with Crippen LogP contribution in [-0.2, 0) is 6.42 Å². The molecule has 0 fully saturated rings. The number of aromatic nitrogens is 2. The zero-order valence-electron chi connectivity index (χ0n) is 10.7. The number of hydrogen-bond donors (Lipinski definition) is 1. The maximum atomic E-state index is 6.06. The van der Waals surface area contributed by atoms with Gasteiger partial charge in [0.05, 0.1) is 11.4 Å². The Morgan fingerprint density at radius 3 is 2.78 bits per heavy atom. The third-order valence-corrected chi connectivity index (χ3v) is 3.51. The molecule has 2 N–H and O–H groups in total. The minimum Gasteiger partial charge on any atom is -0.327 e. The SMILES string of the molecule is CCC(N)Cc1cc(Br)ccc1-n1ccc(C)n1. The van der Waals surface area contributed by atoms with Crippen molar-refractivity contribution in [2.75, 3.05) is 0 Å². The van der Waals surface area contributed by atoms with Crippen LogP contribution in [0.4, 0.5) is 0 Å². The summed E-state index contributed by atoms with van der Waals surface area (Å²) in [5.41, 5.74) is 9.41. The van der Waals surface area contributed by atoms with Crippen molar-refractivity contribution in [3.63, 3.8) is 0 Å². The van der Waals surface area contributed by atoms with Crippen molar-refractivity contribution in [2.24, 2.45) is 5.73 Å². The molecule has 0 saturated heterocycles. The second-order valence-corrected chi connectivity index (χ2v) is 5.46. The van der Waals surface area contributed by atoms with Crippen molar-refractivity contribution < 1.29 is 0 Å². The topological polar surface area (TPSA) is 43.8 Å². The second-order valence-electron chi connectivity index (χ2n) is 4.55. The van der Waals surface area contributed by atoms with E-state index >= 15 is 0 Å². The van der Waals surface area contributed by atoms with Crippen molar-refractivity contribution >= 4 is 15.9 Å². The Kier molecular flexibility index (Phi) is 4.19. The Balaban J connectivity index is 2.40. The summed E-state index contributed by atoms with van der Waals surface area (Å²) in [6, 6.07) is 8.43. The molecule has 1 unspecified atom stereocenters. The molecular formula is C14H18BrN3. The van der Waals surface area contributed by atoms with E-state index in [1.165, 1.54) is 5.56 Å². The van der Waals surface area contributed by atoms with E-state index in [1.807, 2.05) is 29.9 Å². The number of halogens is 1. The van der Waals surface area contributed by atoms with Crippen LogP contribution in [0.15, 0.2) is 34.9 Å². The van der Waals surface area contributed by atoms with E-state index in [4.69, 9.17) is 5.73 Å². The van der Waals surface area contributed by atoms with Crippen LogP contribution in [0, 0.1) is 6.92 Å². The van der Waals surface area contributed by atoms with Gasteiger partial charge in [0.2, 0.25) is 0 Å². The van der Waals surface area contributed by atoms with Gasteiger partial charge in [-0.05, 0) is 49.6 Å². The first kappa shape index (κ1) is 13.3. The maximum absolute atomic E-state index is 6.06. The van der Waals surface area contributed by atoms with Crippen LogP contribution in [0.5, 0.6) is 0 Å². The Morgan fingerprint density at radius 1 is 1.39 bits per heavy atom. The lowest BCUT2D eigenvalue weighted by Gasteiger charge is -2.14. The minimum absolute atomic E-state index is 0.190. The summed E-state index contributed by atoms with van der Waals surface area (Å²) in [5, 5.41) is 4.46. The molecule has 0 saturated carbocycles. The Bertz CT molecular complexity index is 534. The number of hydrogen-bond acceptors (Lipinski definition) is 2. The van der Waals surface area contributed by atoms with E-state index in [0.29, 0.717) is 0 Å². The highest BCUT2D eigenvalue weighted by atomic mass is 79.9. The second kappa shape index (κ2) is 5.67. The normalized spacial score (nSPS) is 12.7. The Labute approximate surface area is 116 Å². The smallest absolute Gasteiger partial charge is 0.0678 e. The molecule has 0 aliphatic heterocycles. The molecule has 2 aromatic rings. The quantitative estimate of drug-likeness (QED) is 0.942. The van der Waals surface area contributed by atoms with Crippen molar-refractivity contribution in [2.45, 2.75) is 32.7 Å². The highest BCUT2D eigenvalue weighted by Gasteiger charge is 2.09. The third kappa shape index (κ3) is 3.00. The van der Waals surface area contributed by atoms with Gasteiger partial charge in [0.25, 0.3) is 0 Å². The molecular weight excluding hydrogens is 290 g/mol. The van der Waals surface area contributed by atoms with Crippen LogP contribution in [0.1, 0.15) is 24.6 Å². The standard InChI is InChI=1S/C14H18BrN3/c1-3-13(16)9-11-8-12(15)4-5-14(11)18-7-6-10(2)17-18/h4-8,13H,3,9,16H2,1-2H3. The average Bonchev–Trinajstić information content (AvgIpc) is 2.75. The van der Waals surface area contributed by atoms with Gasteiger partial charge < -0.3 is 5.73 Å². The summed E-state index contributed by atoms with van der Waals surface area (Å²) in [6.07, 6.45) is 3.83. The molecule has 4 heteroatoms. The summed E-state index contributed by atoms with van der Waals surface area (Å²) < 4.78 is 2.99. The zero-order chi connectivity index (χ0) is 13.1. The molecule has 2 rings (SSSR count). The van der Waals surface area contributed by atoms with Crippen molar-refractivity contribution in [3.8, 4) is 5.69 Å². The van der Waals surface area contributed by atoms with E-state index in [-0.39, 0.29) is 6.04 Å². The summed E-state index contributed by atoms with van der Waals surface area (Å²) >= 11 is 3.52. The van der Waals surface area contributed by atoms with Gasteiger partial charge in [-0.15, -0.1) is 0 Å². The maximum Gasteiger partial charge on any atom is 0.0678 e. The number of aryl methyl sites for hydroxylation is 1. The van der Waals surface area contributed by atoms with Crippen LogP contribution >= 0.6 is 15.9 Å². The molecule has 1 aromatic heterocycles. The van der Waals surface area contributed by atoms with Gasteiger partial charge in [-0.1, -0.05) is 22.9 Å². The molecule has 0 aliphatic carbocycles. The molecule has 0 aliphatic rings. The van der Waals surface area contributed by atoms with E-state index in [0.717, 1.165) is 28.7 Å². The molecule has 0 radical (unpaired) electrons. The molecule has 3 nitrogen and oxygen atoms in total. The van der Waals surface area contributed by atoms with Crippen molar-refractivity contribution in [1.82, 2.24) is 9.78 Å². The fraction of sp³-hybridized carbons (Fsp3) is 0.357. The first-order valence-electron chi connectivity index (χ1n) is 6.16. The molecule has 1 atom stereocenters. The summed E-state index contributed by atoms with van der Waals surface area (Å²) in [4.78, 5) is 0. The molecule has 0 spiro atoms. The van der Waals surface area contributed by atoms with E-state index in [2.05, 4.69) is 40.1 Å². The highest BCUT2D eigenvalue weighted by molar-refractivity contribution is 9.10. The van der Waals surface area contributed by atoms with Gasteiger partial charge in [0, 0.05) is 16.7 Å². The predicted molar refractivity (Wildman–Crippen MR) is 78.0 cm³/mol. The van der Waals surface area contributed by atoms with Crippen LogP contribution in [0.2, 0.25) is 0 Å². The van der Waals surface area contributed by atoms with Crippen LogP contribution in [-0.4, -0.2) is 15.8 Å². The molecule has 1 heterocycles. The molecule has 18 heavy (non-hydrogen) atoms.